The molecule has 1 aliphatic heterocycles. The minimum absolute atomic E-state index is 0.0132. The van der Waals surface area contributed by atoms with Crippen molar-refractivity contribution < 1.29 is 22.7 Å². The molecule has 0 aliphatic carbocycles. The molecule has 2 aromatic carbocycles. The van der Waals surface area contributed by atoms with Gasteiger partial charge < -0.3 is 10.5 Å². The summed E-state index contributed by atoms with van der Waals surface area (Å²) in [6, 6.07) is 10.0. The second-order valence-electron chi connectivity index (χ2n) is 6.50. The molecule has 5 nitrogen and oxygen atoms in total. The maximum absolute atomic E-state index is 14.2. The van der Waals surface area contributed by atoms with Gasteiger partial charge in [-0.25, -0.2) is 9.38 Å². The van der Waals surface area contributed by atoms with E-state index in [4.69, 9.17) is 5.73 Å². The molecular formula is C20H20F3N3O2. The minimum Gasteiger partial charge on any atom is -0.435 e. The van der Waals surface area contributed by atoms with Crippen LogP contribution in [0.25, 0.3) is 0 Å². The number of halogens is 3. The summed E-state index contributed by atoms with van der Waals surface area (Å²) >= 11 is 0. The van der Waals surface area contributed by atoms with Crippen molar-refractivity contribution in [2.75, 3.05) is 7.05 Å². The monoisotopic (exact) mass is 391 g/mol. The van der Waals surface area contributed by atoms with Gasteiger partial charge >= 0.3 is 6.61 Å². The van der Waals surface area contributed by atoms with Gasteiger partial charge in [0.15, 0.2) is 11.5 Å². The molecule has 0 saturated carbocycles. The first-order valence-corrected chi connectivity index (χ1v) is 8.77. The van der Waals surface area contributed by atoms with E-state index in [0.29, 0.717) is 23.1 Å². The van der Waals surface area contributed by atoms with Gasteiger partial charge in [-0.2, -0.15) is 8.78 Å². The van der Waals surface area contributed by atoms with E-state index in [1.54, 1.807) is 6.07 Å². The molecule has 148 valence electrons. The first-order valence-electron chi connectivity index (χ1n) is 8.77. The number of nitrogens with two attached hydrogens (primary N) is 1. The van der Waals surface area contributed by atoms with E-state index < -0.39 is 18.1 Å². The third-order valence-corrected chi connectivity index (χ3v) is 4.72. The number of benzene rings is 2. The predicted molar refractivity (Wildman–Crippen MR) is 98.6 cm³/mol. The number of alkyl halides is 2. The number of guanidine groups is 1. The summed E-state index contributed by atoms with van der Waals surface area (Å²) in [5, 5.41) is 0. The number of aliphatic imine (C=N–C) groups is 1. The van der Waals surface area contributed by atoms with Crippen LogP contribution in [0.2, 0.25) is 0 Å². The summed E-state index contributed by atoms with van der Waals surface area (Å²) in [5.74, 6) is -0.812. The molecule has 1 unspecified atom stereocenters. The summed E-state index contributed by atoms with van der Waals surface area (Å²) in [4.78, 5) is 18.8. The van der Waals surface area contributed by atoms with Gasteiger partial charge in [0.05, 0.1) is 0 Å². The maximum atomic E-state index is 14.2. The Kier molecular flexibility index (Phi) is 5.31. The largest absolute Gasteiger partial charge is 0.435 e. The van der Waals surface area contributed by atoms with Gasteiger partial charge in [0.2, 0.25) is 0 Å². The fourth-order valence-electron chi connectivity index (χ4n) is 3.32. The zero-order valence-electron chi connectivity index (χ0n) is 15.5. The number of hydrogen-bond donors (Lipinski definition) is 1. The number of aryl methyl sites for hydroxylation is 1. The molecule has 0 spiro atoms. The molecule has 1 heterocycles. The predicted octanol–water partition coefficient (Wildman–Crippen LogP) is 3.41. The number of hydrogen-bond acceptors (Lipinski definition) is 4. The first-order chi connectivity index (χ1) is 13.3. The summed E-state index contributed by atoms with van der Waals surface area (Å²) in [6.07, 6.45) is 1.23. The molecule has 1 atom stereocenters. The van der Waals surface area contributed by atoms with E-state index in [0.717, 1.165) is 6.42 Å². The molecule has 2 aromatic rings. The highest BCUT2D eigenvalue weighted by Gasteiger charge is 2.49. The van der Waals surface area contributed by atoms with E-state index in [-0.39, 0.29) is 17.5 Å². The maximum Gasteiger partial charge on any atom is 0.387 e. The fraction of sp³-hybridized carbons (Fsp3) is 0.300. The smallest absolute Gasteiger partial charge is 0.387 e. The first kappa shape index (κ1) is 19.7. The van der Waals surface area contributed by atoms with Gasteiger partial charge in [0.25, 0.3) is 5.91 Å². The normalized spacial score (nSPS) is 19.3. The van der Waals surface area contributed by atoms with Crippen molar-refractivity contribution in [2.45, 2.75) is 31.9 Å². The number of carbonyl (C=O) groups is 1. The Morgan fingerprint density at radius 2 is 1.82 bits per heavy atom. The van der Waals surface area contributed by atoms with Crippen LogP contribution in [0.5, 0.6) is 5.75 Å². The Morgan fingerprint density at radius 1 is 1.18 bits per heavy atom. The molecule has 1 aliphatic rings. The van der Waals surface area contributed by atoms with Crippen LogP contribution in [0, 0.1) is 5.82 Å². The molecule has 1 amide bonds. The van der Waals surface area contributed by atoms with Crippen LogP contribution in [-0.4, -0.2) is 30.4 Å². The highest BCUT2D eigenvalue weighted by atomic mass is 19.3. The molecule has 28 heavy (non-hydrogen) atoms. The number of carbonyl (C=O) groups excluding carboxylic acids is 1. The number of likely N-dealkylation sites (N-methyl/N-ethyl adjacent to an activating group) is 1. The Bertz CT molecular complexity index is 915. The Balaban J connectivity index is 2.16. The van der Waals surface area contributed by atoms with Crippen molar-refractivity contribution in [2.24, 2.45) is 10.7 Å². The summed E-state index contributed by atoms with van der Waals surface area (Å²) in [6.45, 7) is -1.03. The molecule has 0 radical (unpaired) electrons. The highest BCUT2D eigenvalue weighted by Crippen LogP contribution is 2.40. The Hall–Kier alpha value is -3.03. The van der Waals surface area contributed by atoms with Crippen LogP contribution >= 0.6 is 0 Å². The van der Waals surface area contributed by atoms with Crippen LogP contribution in [0.3, 0.4) is 0 Å². The average Bonchev–Trinajstić information content (AvgIpc) is 2.89. The second kappa shape index (κ2) is 7.53. The van der Waals surface area contributed by atoms with Crippen molar-refractivity contribution in [1.29, 1.82) is 0 Å². The van der Waals surface area contributed by atoms with Crippen molar-refractivity contribution in [1.82, 2.24) is 4.90 Å². The Morgan fingerprint density at radius 3 is 2.36 bits per heavy atom. The van der Waals surface area contributed by atoms with E-state index in [2.05, 4.69) is 9.73 Å². The zero-order valence-corrected chi connectivity index (χ0v) is 15.5. The van der Waals surface area contributed by atoms with Gasteiger partial charge in [-0.3, -0.25) is 9.69 Å². The lowest BCUT2D eigenvalue weighted by Crippen LogP contribution is -2.41. The Labute approximate surface area is 160 Å². The molecule has 0 bridgehead atoms. The third-order valence-electron chi connectivity index (χ3n) is 4.72. The van der Waals surface area contributed by atoms with Crippen molar-refractivity contribution in [3.05, 3.63) is 65.0 Å². The summed E-state index contributed by atoms with van der Waals surface area (Å²) < 4.78 is 43.4. The van der Waals surface area contributed by atoms with Crippen LogP contribution < -0.4 is 10.5 Å². The number of amides is 1. The zero-order chi connectivity index (χ0) is 20.5. The van der Waals surface area contributed by atoms with Gasteiger partial charge in [0, 0.05) is 7.05 Å². The van der Waals surface area contributed by atoms with Gasteiger partial charge in [-0.05, 0) is 47.4 Å². The van der Waals surface area contributed by atoms with Crippen LogP contribution in [0.15, 0.2) is 47.5 Å². The lowest BCUT2D eigenvalue weighted by molar-refractivity contribution is -0.129. The molecule has 2 N–H and O–H groups in total. The van der Waals surface area contributed by atoms with E-state index in [1.807, 2.05) is 6.92 Å². The standard InChI is InChI=1S/C20H20F3N3O2/c1-3-4-12-11-14(7-10-16(12)21)20(17(27)26(2)19(24)25-20)13-5-8-15(9-6-13)28-18(22)23/h5-11,18H,3-4H2,1-2H3,(H2,24,25). The summed E-state index contributed by atoms with van der Waals surface area (Å²) in [5.41, 5.74) is 5.72. The molecule has 0 fully saturated rings. The second-order valence-corrected chi connectivity index (χ2v) is 6.50. The molecular weight excluding hydrogens is 371 g/mol. The van der Waals surface area contributed by atoms with Crippen LogP contribution in [-0.2, 0) is 16.8 Å². The third kappa shape index (κ3) is 3.30. The number of rotatable bonds is 6. The molecule has 8 heteroatoms. The number of ether oxygens (including phenoxy) is 1. The van der Waals surface area contributed by atoms with Gasteiger partial charge in [-0.1, -0.05) is 31.5 Å². The van der Waals surface area contributed by atoms with E-state index in [9.17, 15) is 18.0 Å². The van der Waals surface area contributed by atoms with Crippen molar-refractivity contribution in [3.63, 3.8) is 0 Å². The average molecular weight is 391 g/mol. The van der Waals surface area contributed by atoms with Crippen molar-refractivity contribution in [3.8, 4) is 5.75 Å². The lowest BCUT2D eigenvalue weighted by Gasteiger charge is -2.27. The molecule has 0 aromatic heterocycles. The van der Waals surface area contributed by atoms with E-state index in [1.165, 1.54) is 48.3 Å². The quantitative estimate of drug-likeness (QED) is 0.821. The topological polar surface area (TPSA) is 67.9 Å². The minimum atomic E-state index is -2.96. The number of nitrogens with zero attached hydrogens (tertiary/aromatic N) is 2. The highest BCUT2D eigenvalue weighted by molar-refractivity contribution is 6.08. The lowest BCUT2D eigenvalue weighted by atomic mass is 9.82. The van der Waals surface area contributed by atoms with Gasteiger partial charge in [-0.15, -0.1) is 0 Å². The fourth-order valence-corrected chi connectivity index (χ4v) is 3.32. The van der Waals surface area contributed by atoms with Crippen molar-refractivity contribution >= 4 is 11.9 Å². The molecule has 0 saturated heterocycles. The molecule has 3 rings (SSSR count). The SMILES string of the molecule is CCCc1cc(C2(c3ccc(OC(F)F)cc3)N=C(N)N(C)C2=O)ccc1F. The summed E-state index contributed by atoms with van der Waals surface area (Å²) in [7, 11) is 1.49. The van der Waals surface area contributed by atoms with Gasteiger partial charge in [0.1, 0.15) is 11.6 Å². The van der Waals surface area contributed by atoms with Crippen LogP contribution in [0.4, 0.5) is 13.2 Å². The van der Waals surface area contributed by atoms with E-state index >= 15 is 0 Å². The van der Waals surface area contributed by atoms with Crippen LogP contribution in [0.1, 0.15) is 30.0 Å².